The largest absolute Gasteiger partial charge is 0.280 e. The van der Waals surface area contributed by atoms with Crippen molar-refractivity contribution >= 4 is 45.0 Å². The van der Waals surface area contributed by atoms with Gasteiger partial charge in [0.1, 0.15) is 5.92 Å². The topological polar surface area (TPSA) is 34.1 Å². The Hall–Kier alpha value is -0.380. The Labute approximate surface area is 83.1 Å². The first-order chi connectivity index (χ1) is 5.63. The zero-order chi connectivity index (χ0) is 9.14. The predicted molar refractivity (Wildman–Crippen MR) is 48.8 cm³/mol. The van der Waals surface area contributed by atoms with Crippen molar-refractivity contribution in [3.8, 4) is 0 Å². The van der Waals surface area contributed by atoms with Gasteiger partial charge in [0.15, 0.2) is 0 Å². The minimum Gasteiger partial charge on any atom is -0.280 e. The van der Waals surface area contributed by atoms with Crippen molar-refractivity contribution in [3.05, 3.63) is 22.4 Å². The van der Waals surface area contributed by atoms with Gasteiger partial charge >= 0.3 is 0 Å². The minimum atomic E-state index is -1.01. The third kappa shape index (κ3) is 2.06. The molecule has 1 rings (SSSR count). The van der Waals surface area contributed by atoms with E-state index in [0.717, 1.165) is 0 Å². The summed E-state index contributed by atoms with van der Waals surface area (Å²) in [5, 5.41) is 0.275. The summed E-state index contributed by atoms with van der Waals surface area (Å²) in [5.74, 6) is -1.01. The predicted octanol–water partition coefficient (Wildman–Crippen LogP) is 2.36. The third-order valence-corrected chi connectivity index (χ3v) is 2.66. The van der Waals surface area contributed by atoms with Crippen molar-refractivity contribution in [2.75, 3.05) is 0 Å². The number of rotatable bonds is 3. The lowest BCUT2D eigenvalue weighted by atomic mass is 10.1. The molecule has 0 amide bonds. The molecule has 0 aliphatic carbocycles. The fourth-order valence-electron chi connectivity index (χ4n) is 0.768. The lowest BCUT2D eigenvalue weighted by molar-refractivity contribution is -0.120. The molecule has 0 radical (unpaired) electrons. The van der Waals surface area contributed by atoms with E-state index in [2.05, 4.69) is 0 Å². The molecule has 12 heavy (non-hydrogen) atoms. The molecule has 1 aromatic heterocycles. The molecule has 0 saturated carbocycles. The average Bonchev–Trinajstić information content (AvgIpc) is 2.37. The lowest BCUT2D eigenvalue weighted by Gasteiger charge is -2.02. The number of carbonyl (C=O) groups is 2. The van der Waals surface area contributed by atoms with Gasteiger partial charge in [-0.1, -0.05) is 6.07 Å². The molecule has 0 aliphatic rings. The molecule has 5 heteroatoms. The molecule has 2 nitrogen and oxygen atoms in total. The molecule has 0 bridgehead atoms. The average molecular weight is 223 g/mol. The highest BCUT2D eigenvalue weighted by molar-refractivity contribution is 7.10. The highest BCUT2D eigenvalue weighted by atomic mass is 35.5. The van der Waals surface area contributed by atoms with Crippen LogP contribution in [-0.4, -0.2) is 10.5 Å². The second kappa shape index (κ2) is 4.03. The highest BCUT2D eigenvalue weighted by Crippen LogP contribution is 2.25. The van der Waals surface area contributed by atoms with Gasteiger partial charge in [-0.25, -0.2) is 0 Å². The van der Waals surface area contributed by atoms with Crippen LogP contribution in [0.1, 0.15) is 10.8 Å². The van der Waals surface area contributed by atoms with Gasteiger partial charge < -0.3 is 0 Å². The van der Waals surface area contributed by atoms with Crippen molar-refractivity contribution in [1.29, 1.82) is 0 Å². The highest BCUT2D eigenvalue weighted by Gasteiger charge is 2.26. The first-order valence-corrected chi connectivity index (χ1v) is 4.68. The number of carbonyl (C=O) groups excluding carboxylic acids is 2. The number of halogens is 2. The normalized spacial score (nSPS) is 10.2. The molecule has 0 aliphatic heterocycles. The van der Waals surface area contributed by atoms with E-state index in [1.807, 2.05) is 0 Å². The van der Waals surface area contributed by atoms with Crippen molar-refractivity contribution < 1.29 is 9.59 Å². The molecule has 0 unspecified atom stereocenters. The maximum atomic E-state index is 10.8. The molecule has 0 spiro atoms. The Bertz CT molecular complexity index is 280. The summed E-state index contributed by atoms with van der Waals surface area (Å²) in [6.45, 7) is 0. The van der Waals surface area contributed by atoms with Crippen molar-refractivity contribution in [3.63, 3.8) is 0 Å². The monoisotopic (exact) mass is 222 g/mol. The van der Waals surface area contributed by atoms with Gasteiger partial charge in [-0.3, -0.25) is 9.59 Å². The second-order valence-electron chi connectivity index (χ2n) is 2.06. The maximum absolute atomic E-state index is 10.8. The molecule has 0 N–H and O–H groups in total. The number of thiophene rings is 1. The Morgan fingerprint density at radius 2 is 1.92 bits per heavy atom. The standard InChI is InChI=1S/C7H4Cl2O2S/c8-6(10)5(7(9)11)4-2-1-3-12-4/h1-3,5H. The van der Waals surface area contributed by atoms with Gasteiger partial charge in [-0.15, -0.1) is 11.3 Å². The van der Waals surface area contributed by atoms with Gasteiger partial charge in [-0.2, -0.15) is 0 Å². The Kier molecular flexibility index (Phi) is 3.26. The smallest absolute Gasteiger partial charge is 0.238 e. The zero-order valence-electron chi connectivity index (χ0n) is 5.79. The van der Waals surface area contributed by atoms with Crippen LogP contribution in [0.2, 0.25) is 0 Å². The quantitative estimate of drug-likeness (QED) is 0.582. The Balaban J connectivity index is 2.96. The number of hydrogen-bond donors (Lipinski definition) is 0. The first-order valence-electron chi connectivity index (χ1n) is 3.05. The van der Waals surface area contributed by atoms with Crippen LogP contribution in [0.4, 0.5) is 0 Å². The van der Waals surface area contributed by atoms with Crippen LogP contribution < -0.4 is 0 Å². The van der Waals surface area contributed by atoms with E-state index >= 15 is 0 Å². The van der Waals surface area contributed by atoms with Crippen molar-refractivity contribution in [1.82, 2.24) is 0 Å². The SMILES string of the molecule is O=C(Cl)C(C(=O)Cl)c1cccs1. The molecular formula is C7H4Cl2O2S. The van der Waals surface area contributed by atoms with Crippen molar-refractivity contribution in [2.24, 2.45) is 0 Å². The van der Waals surface area contributed by atoms with Crippen LogP contribution in [-0.2, 0) is 9.59 Å². The van der Waals surface area contributed by atoms with E-state index in [-0.39, 0.29) is 0 Å². The van der Waals surface area contributed by atoms with E-state index in [1.54, 1.807) is 17.5 Å². The van der Waals surface area contributed by atoms with E-state index in [9.17, 15) is 9.59 Å². The number of hydrogen-bond acceptors (Lipinski definition) is 3. The summed E-state index contributed by atoms with van der Waals surface area (Å²) < 4.78 is 0. The molecule has 0 aromatic carbocycles. The van der Waals surface area contributed by atoms with Gasteiger partial charge in [0, 0.05) is 4.88 Å². The van der Waals surface area contributed by atoms with E-state index in [0.29, 0.717) is 4.88 Å². The minimum absolute atomic E-state index is 0.579. The molecule has 0 saturated heterocycles. The second-order valence-corrected chi connectivity index (χ2v) is 3.78. The molecule has 1 heterocycles. The van der Waals surface area contributed by atoms with E-state index < -0.39 is 16.4 Å². The summed E-state index contributed by atoms with van der Waals surface area (Å²) in [5.41, 5.74) is 0. The third-order valence-electron chi connectivity index (χ3n) is 1.28. The lowest BCUT2D eigenvalue weighted by Crippen LogP contribution is -2.11. The van der Waals surface area contributed by atoms with Gasteiger partial charge in [0.25, 0.3) is 0 Å². The maximum Gasteiger partial charge on any atom is 0.238 e. The summed E-state index contributed by atoms with van der Waals surface area (Å²) in [4.78, 5) is 22.1. The van der Waals surface area contributed by atoms with E-state index in [1.165, 1.54) is 11.3 Å². The molecule has 0 fully saturated rings. The molecular weight excluding hydrogens is 219 g/mol. The van der Waals surface area contributed by atoms with Crippen LogP contribution in [0, 0.1) is 0 Å². The van der Waals surface area contributed by atoms with Crippen LogP contribution in [0.25, 0.3) is 0 Å². The van der Waals surface area contributed by atoms with Crippen LogP contribution in [0.15, 0.2) is 17.5 Å². The first kappa shape index (κ1) is 9.71. The fraction of sp³-hybridized carbons (Fsp3) is 0.143. The van der Waals surface area contributed by atoms with Crippen LogP contribution in [0.5, 0.6) is 0 Å². The van der Waals surface area contributed by atoms with Gasteiger partial charge in [0.05, 0.1) is 0 Å². The summed E-state index contributed by atoms with van der Waals surface area (Å²) in [6, 6.07) is 3.38. The summed E-state index contributed by atoms with van der Waals surface area (Å²) in [6.07, 6.45) is 0. The van der Waals surface area contributed by atoms with Gasteiger partial charge in [-0.05, 0) is 34.6 Å². The van der Waals surface area contributed by atoms with Crippen molar-refractivity contribution in [2.45, 2.75) is 5.92 Å². The Morgan fingerprint density at radius 1 is 1.33 bits per heavy atom. The fourth-order valence-corrected chi connectivity index (χ4v) is 2.21. The van der Waals surface area contributed by atoms with Crippen LogP contribution in [0.3, 0.4) is 0 Å². The molecule has 0 atom stereocenters. The molecule has 1 aromatic rings. The van der Waals surface area contributed by atoms with Gasteiger partial charge in [0.2, 0.25) is 10.5 Å². The molecule has 64 valence electrons. The Morgan fingerprint density at radius 3 is 2.25 bits per heavy atom. The summed E-state index contributed by atoms with van der Waals surface area (Å²) in [7, 11) is 0. The van der Waals surface area contributed by atoms with E-state index in [4.69, 9.17) is 23.2 Å². The van der Waals surface area contributed by atoms with Crippen LogP contribution >= 0.6 is 34.5 Å². The summed E-state index contributed by atoms with van der Waals surface area (Å²) >= 11 is 11.7. The zero-order valence-corrected chi connectivity index (χ0v) is 8.12.